The van der Waals surface area contributed by atoms with E-state index in [1.807, 2.05) is 24.3 Å². The summed E-state index contributed by atoms with van der Waals surface area (Å²) in [5.41, 5.74) is 1.40. The van der Waals surface area contributed by atoms with Crippen LogP contribution in [0, 0.1) is 0 Å². The fourth-order valence-corrected chi connectivity index (χ4v) is 2.60. The summed E-state index contributed by atoms with van der Waals surface area (Å²) in [7, 11) is 0. The highest BCUT2D eigenvalue weighted by Gasteiger charge is 2.23. The van der Waals surface area contributed by atoms with Gasteiger partial charge in [-0.3, -0.25) is 0 Å². The van der Waals surface area contributed by atoms with Gasteiger partial charge < -0.3 is 9.88 Å². The Balaban J connectivity index is 2.02. The van der Waals surface area contributed by atoms with E-state index in [0.717, 1.165) is 13.1 Å². The molecule has 3 nitrogen and oxygen atoms in total. The first-order valence-electron chi connectivity index (χ1n) is 5.63. The van der Waals surface area contributed by atoms with Crippen LogP contribution >= 0.6 is 11.8 Å². The summed E-state index contributed by atoms with van der Waals surface area (Å²) in [6.45, 7) is 6.71. The lowest BCUT2D eigenvalue weighted by molar-refractivity contribution is 0.415. The molecule has 1 N–H and O–H groups in total. The fourth-order valence-electron chi connectivity index (χ4n) is 1.87. The third kappa shape index (κ3) is 2.37. The minimum absolute atomic E-state index is 0.563. The van der Waals surface area contributed by atoms with Gasteiger partial charge in [0.15, 0.2) is 0 Å². The van der Waals surface area contributed by atoms with E-state index in [1.165, 1.54) is 17.2 Å². The zero-order valence-corrected chi connectivity index (χ0v) is 10.3. The molecule has 0 aromatic carbocycles. The third-order valence-electron chi connectivity index (χ3n) is 2.93. The lowest BCUT2D eigenvalue weighted by atomic mass is 9.99. The normalized spacial score (nSPS) is 18.8. The summed E-state index contributed by atoms with van der Waals surface area (Å²) in [5.74, 6) is 3.06. The van der Waals surface area contributed by atoms with Crippen molar-refractivity contribution in [1.82, 2.24) is 14.9 Å². The molecule has 0 amide bonds. The second kappa shape index (κ2) is 5.03. The number of hydrogen-bond donors (Lipinski definition) is 1. The topological polar surface area (TPSA) is 29.9 Å². The van der Waals surface area contributed by atoms with Crippen LogP contribution in [-0.2, 0) is 0 Å². The van der Waals surface area contributed by atoms with Crippen molar-refractivity contribution < 1.29 is 0 Å². The summed E-state index contributed by atoms with van der Waals surface area (Å²) in [6, 6.07) is 0.563. The third-order valence-corrected chi connectivity index (χ3v) is 4.06. The lowest BCUT2D eigenvalue weighted by Gasteiger charge is -2.29. The smallest absolute Gasteiger partial charge is 0.0951 e. The predicted octanol–water partition coefficient (Wildman–Crippen LogP) is 1.88. The minimum Gasteiger partial charge on any atom is -0.331 e. The Hall–Kier alpha value is -0.480. The maximum absolute atomic E-state index is 4.28. The van der Waals surface area contributed by atoms with Crippen molar-refractivity contribution in [3.8, 4) is 0 Å². The number of aromatic nitrogens is 2. The van der Waals surface area contributed by atoms with E-state index >= 15 is 0 Å². The van der Waals surface area contributed by atoms with Crippen LogP contribution in [0.2, 0.25) is 0 Å². The molecule has 2 rings (SSSR count). The van der Waals surface area contributed by atoms with Crippen molar-refractivity contribution in [1.29, 1.82) is 0 Å². The number of nitrogens with one attached hydrogen (secondary N) is 1. The van der Waals surface area contributed by atoms with Crippen LogP contribution in [-0.4, -0.2) is 34.1 Å². The first-order valence-corrected chi connectivity index (χ1v) is 6.78. The van der Waals surface area contributed by atoms with Gasteiger partial charge in [0.25, 0.3) is 0 Å². The van der Waals surface area contributed by atoms with Gasteiger partial charge in [0.2, 0.25) is 0 Å². The molecular weight excluding hydrogens is 206 g/mol. The second-order valence-corrected chi connectivity index (χ2v) is 5.41. The van der Waals surface area contributed by atoms with Gasteiger partial charge in [-0.25, -0.2) is 4.98 Å². The Labute approximate surface area is 95.7 Å². The first kappa shape index (κ1) is 11.0. The summed E-state index contributed by atoms with van der Waals surface area (Å²) >= 11 is 2.00. The van der Waals surface area contributed by atoms with Crippen molar-refractivity contribution >= 4 is 11.8 Å². The van der Waals surface area contributed by atoms with E-state index in [4.69, 9.17) is 0 Å². The average Bonchev–Trinajstić information content (AvgIpc) is 2.60. The highest BCUT2D eigenvalue weighted by atomic mass is 32.2. The van der Waals surface area contributed by atoms with Crippen LogP contribution in [0.3, 0.4) is 0 Å². The molecule has 4 heteroatoms. The summed E-state index contributed by atoms with van der Waals surface area (Å²) in [5, 5.41) is 3.31. The summed E-state index contributed by atoms with van der Waals surface area (Å²) in [4.78, 5) is 4.28. The number of rotatable bonds is 5. The maximum atomic E-state index is 4.28. The molecule has 1 unspecified atom stereocenters. The van der Waals surface area contributed by atoms with Crippen molar-refractivity contribution in [2.75, 3.05) is 24.6 Å². The van der Waals surface area contributed by atoms with Crippen molar-refractivity contribution in [2.45, 2.75) is 25.8 Å². The van der Waals surface area contributed by atoms with Crippen molar-refractivity contribution in [3.63, 3.8) is 0 Å². The zero-order chi connectivity index (χ0) is 10.7. The Morgan fingerprint density at radius 2 is 2.47 bits per heavy atom. The molecule has 84 valence electrons. The van der Waals surface area contributed by atoms with Gasteiger partial charge >= 0.3 is 0 Å². The van der Waals surface area contributed by atoms with Crippen LogP contribution in [0.4, 0.5) is 0 Å². The molecule has 1 atom stereocenters. The highest BCUT2D eigenvalue weighted by Crippen LogP contribution is 2.24. The molecule has 0 saturated carbocycles. The number of thioether (sulfide) groups is 1. The van der Waals surface area contributed by atoms with Crippen LogP contribution in [0.1, 0.15) is 31.5 Å². The molecule has 15 heavy (non-hydrogen) atoms. The highest BCUT2D eigenvalue weighted by molar-refractivity contribution is 7.99. The average molecular weight is 225 g/mol. The minimum atomic E-state index is 0.563. The molecule has 1 fully saturated rings. The molecule has 0 aliphatic carbocycles. The van der Waals surface area contributed by atoms with Gasteiger partial charge in [0.1, 0.15) is 0 Å². The van der Waals surface area contributed by atoms with Gasteiger partial charge in [-0.05, 0) is 12.7 Å². The summed E-state index contributed by atoms with van der Waals surface area (Å²) < 4.78 is 2.34. The molecule has 0 spiro atoms. The molecule has 1 aliphatic rings. The van der Waals surface area contributed by atoms with Gasteiger partial charge in [0, 0.05) is 42.7 Å². The van der Waals surface area contributed by atoms with E-state index < -0.39 is 0 Å². The molecule has 1 aromatic rings. The quantitative estimate of drug-likeness (QED) is 0.830. The van der Waals surface area contributed by atoms with E-state index in [1.54, 1.807) is 0 Å². The van der Waals surface area contributed by atoms with Crippen LogP contribution < -0.4 is 5.32 Å². The maximum Gasteiger partial charge on any atom is 0.0951 e. The van der Waals surface area contributed by atoms with Gasteiger partial charge in [-0.2, -0.15) is 11.8 Å². The second-order valence-electron chi connectivity index (χ2n) is 4.09. The standard InChI is InChI=1S/C11H19N3S/c1-3-15-7-9(2)14-8-13-6-11(14)10-4-12-5-10/h6,8-10,12H,3-5,7H2,1-2H3. The molecular formula is C11H19N3S. The molecule has 1 aliphatic heterocycles. The molecule has 1 aromatic heterocycles. The van der Waals surface area contributed by atoms with Crippen molar-refractivity contribution in [2.24, 2.45) is 0 Å². The molecule has 1 saturated heterocycles. The van der Waals surface area contributed by atoms with Crippen LogP contribution in [0.5, 0.6) is 0 Å². The van der Waals surface area contributed by atoms with E-state index in [9.17, 15) is 0 Å². The van der Waals surface area contributed by atoms with Gasteiger partial charge in [-0.1, -0.05) is 6.92 Å². The van der Waals surface area contributed by atoms with Crippen LogP contribution in [0.25, 0.3) is 0 Å². The molecule has 2 heterocycles. The SMILES string of the molecule is CCSCC(C)n1cncc1C1CNC1. The Kier molecular flexibility index (Phi) is 3.70. The Morgan fingerprint density at radius 3 is 3.07 bits per heavy atom. The van der Waals surface area contributed by atoms with Crippen molar-refractivity contribution in [3.05, 3.63) is 18.2 Å². The van der Waals surface area contributed by atoms with E-state index in [0.29, 0.717) is 12.0 Å². The number of imidazole rings is 1. The fraction of sp³-hybridized carbons (Fsp3) is 0.727. The van der Waals surface area contributed by atoms with E-state index in [-0.39, 0.29) is 0 Å². The zero-order valence-electron chi connectivity index (χ0n) is 9.44. The summed E-state index contributed by atoms with van der Waals surface area (Å²) in [6.07, 6.45) is 4.01. The molecule has 0 bridgehead atoms. The predicted molar refractivity (Wildman–Crippen MR) is 65.5 cm³/mol. The number of nitrogens with zero attached hydrogens (tertiary/aromatic N) is 2. The largest absolute Gasteiger partial charge is 0.331 e. The Bertz CT molecular complexity index is 307. The lowest BCUT2D eigenvalue weighted by Crippen LogP contribution is -2.41. The van der Waals surface area contributed by atoms with E-state index in [2.05, 4.69) is 28.7 Å². The Morgan fingerprint density at radius 1 is 1.67 bits per heavy atom. The monoisotopic (exact) mass is 225 g/mol. The van der Waals surface area contributed by atoms with Gasteiger partial charge in [-0.15, -0.1) is 0 Å². The van der Waals surface area contributed by atoms with Crippen LogP contribution in [0.15, 0.2) is 12.5 Å². The first-order chi connectivity index (χ1) is 7.33. The van der Waals surface area contributed by atoms with Gasteiger partial charge in [0.05, 0.1) is 6.33 Å². The molecule has 0 radical (unpaired) electrons. The number of hydrogen-bond acceptors (Lipinski definition) is 3.